The lowest BCUT2D eigenvalue weighted by Crippen LogP contribution is -2.67. The maximum atomic E-state index is 5.50. The van der Waals surface area contributed by atoms with Crippen molar-refractivity contribution in [3.63, 3.8) is 0 Å². The Morgan fingerprint density at radius 2 is 1.84 bits per heavy atom. The average molecular weight is 419 g/mol. The Morgan fingerprint density at radius 1 is 1.06 bits per heavy atom. The van der Waals surface area contributed by atoms with Gasteiger partial charge in [-0.25, -0.2) is 4.98 Å². The van der Waals surface area contributed by atoms with E-state index >= 15 is 0 Å². The summed E-state index contributed by atoms with van der Waals surface area (Å²) < 4.78 is 7.76. The van der Waals surface area contributed by atoms with Gasteiger partial charge in [0.15, 0.2) is 0 Å². The number of ether oxygens (including phenoxy) is 1. The number of piperazine rings is 1. The van der Waals surface area contributed by atoms with Crippen LogP contribution in [-0.2, 0) is 11.3 Å². The van der Waals surface area contributed by atoms with Gasteiger partial charge in [0.25, 0.3) is 0 Å². The lowest BCUT2D eigenvalue weighted by Gasteiger charge is -2.55. The molecule has 2 bridgehead atoms. The molecule has 4 fully saturated rings. The molecule has 1 N–H and O–H groups in total. The summed E-state index contributed by atoms with van der Waals surface area (Å²) in [5.41, 5.74) is 3.32. The third kappa shape index (κ3) is 3.66. The molecule has 4 saturated heterocycles. The molecule has 7 heteroatoms. The topological polar surface area (TPSA) is 58.5 Å². The Balaban J connectivity index is 1.15. The Bertz CT molecular complexity index is 1050. The number of nitrogens with one attached hydrogen (secondary N) is 1. The zero-order chi connectivity index (χ0) is 20.8. The van der Waals surface area contributed by atoms with Crippen molar-refractivity contribution in [1.29, 1.82) is 0 Å². The summed E-state index contributed by atoms with van der Waals surface area (Å²) in [5, 5.41) is 4.47. The molecule has 2 atom stereocenters. The highest BCUT2D eigenvalue weighted by Gasteiger charge is 2.42. The maximum Gasteiger partial charge on any atom is 0.229 e. The predicted octanol–water partition coefficient (Wildman–Crippen LogP) is 3.49. The minimum Gasteiger partial charge on any atom is -0.381 e. The van der Waals surface area contributed by atoms with Crippen molar-refractivity contribution in [3.8, 4) is 0 Å². The quantitative estimate of drug-likeness (QED) is 0.685. The number of rotatable bonds is 5. The molecule has 7 rings (SSSR count). The summed E-state index contributed by atoms with van der Waals surface area (Å²) in [7, 11) is 2.25. The smallest absolute Gasteiger partial charge is 0.229 e. The van der Waals surface area contributed by atoms with E-state index in [1.165, 1.54) is 12.1 Å². The van der Waals surface area contributed by atoms with Crippen molar-refractivity contribution in [3.05, 3.63) is 42.7 Å². The van der Waals surface area contributed by atoms with E-state index in [1.54, 1.807) is 0 Å². The first-order chi connectivity index (χ1) is 15.2. The van der Waals surface area contributed by atoms with Crippen molar-refractivity contribution in [1.82, 2.24) is 19.4 Å². The monoisotopic (exact) mass is 418 g/mol. The zero-order valence-electron chi connectivity index (χ0n) is 18.1. The second kappa shape index (κ2) is 7.80. The second-order valence-corrected chi connectivity index (χ2v) is 9.28. The molecule has 0 amide bonds. The van der Waals surface area contributed by atoms with Crippen LogP contribution in [0.15, 0.2) is 42.7 Å². The largest absolute Gasteiger partial charge is 0.381 e. The molecule has 1 aromatic carbocycles. The van der Waals surface area contributed by atoms with E-state index in [-0.39, 0.29) is 0 Å². The summed E-state index contributed by atoms with van der Waals surface area (Å²) in [6, 6.07) is 12.2. The highest BCUT2D eigenvalue weighted by atomic mass is 16.5. The normalized spacial score (nSPS) is 24.4. The Morgan fingerprint density at radius 3 is 2.58 bits per heavy atom. The van der Waals surface area contributed by atoms with Crippen molar-refractivity contribution >= 4 is 28.4 Å². The molecule has 7 nitrogen and oxygen atoms in total. The number of hydrogen-bond donors (Lipinski definition) is 1. The van der Waals surface area contributed by atoms with Gasteiger partial charge in [0.1, 0.15) is 5.65 Å². The fraction of sp³-hybridized carbons (Fsp3) is 0.500. The van der Waals surface area contributed by atoms with Crippen LogP contribution in [0.1, 0.15) is 19.3 Å². The number of benzene rings is 1. The molecule has 162 valence electrons. The summed E-state index contributed by atoms with van der Waals surface area (Å²) >= 11 is 0. The molecule has 31 heavy (non-hydrogen) atoms. The number of likely N-dealkylation sites (N-methyl/N-ethyl adjacent to an activating group) is 1. The van der Waals surface area contributed by atoms with E-state index in [1.807, 2.05) is 6.20 Å². The number of piperidine rings is 1. The van der Waals surface area contributed by atoms with Gasteiger partial charge in [0, 0.05) is 74.1 Å². The fourth-order valence-electron chi connectivity index (χ4n) is 5.28. The lowest BCUT2D eigenvalue weighted by atomic mass is 9.88. The molecular weight excluding hydrogens is 388 g/mol. The maximum absolute atomic E-state index is 5.50. The first-order valence-electron chi connectivity index (χ1n) is 11.5. The third-order valence-electron chi connectivity index (χ3n) is 7.34. The average Bonchev–Trinajstić information content (AvgIpc) is 3.22. The van der Waals surface area contributed by atoms with E-state index in [0.29, 0.717) is 23.9 Å². The Kier molecular flexibility index (Phi) is 4.80. The van der Waals surface area contributed by atoms with Crippen LogP contribution in [0.5, 0.6) is 0 Å². The molecule has 2 unspecified atom stereocenters. The predicted molar refractivity (Wildman–Crippen MR) is 123 cm³/mol. The number of aromatic nitrogens is 3. The van der Waals surface area contributed by atoms with Gasteiger partial charge in [-0.1, -0.05) is 0 Å². The third-order valence-corrected chi connectivity index (χ3v) is 7.34. The SMILES string of the molecule is CN1C2CC1CN(c1ccc(Nc3ncc4ccn(CC5CCOCC5)c4n3)cc1)C2. The van der Waals surface area contributed by atoms with Crippen molar-refractivity contribution in [2.75, 3.05) is 43.6 Å². The molecule has 2 aromatic heterocycles. The second-order valence-electron chi connectivity index (χ2n) is 9.28. The first-order valence-corrected chi connectivity index (χ1v) is 11.5. The molecule has 4 aliphatic rings. The van der Waals surface area contributed by atoms with E-state index in [9.17, 15) is 0 Å². The van der Waals surface area contributed by atoms with Crippen molar-refractivity contribution < 1.29 is 4.74 Å². The first kappa shape index (κ1) is 19.1. The van der Waals surface area contributed by atoms with Gasteiger partial charge < -0.3 is 19.5 Å². The Hall–Kier alpha value is -2.64. The summed E-state index contributed by atoms with van der Waals surface area (Å²) in [6.07, 6.45) is 7.64. The molecule has 0 aliphatic carbocycles. The molecule has 4 aliphatic heterocycles. The van der Waals surface area contributed by atoms with Gasteiger partial charge in [-0.2, -0.15) is 4.98 Å². The number of fused-ring (bicyclic) bond motifs is 3. The molecule has 0 radical (unpaired) electrons. The van der Waals surface area contributed by atoms with Gasteiger partial charge >= 0.3 is 0 Å². The summed E-state index contributed by atoms with van der Waals surface area (Å²) in [6.45, 7) is 4.99. The van der Waals surface area contributed by atoms with Crippen molar-refractivity contribution in [2.45, 2.75) is 37.9 Å². The van der Waals surface area contributed by atoms with Crippen LogP contribution >= 0.6 is 0 Å². The van der Waals surface area contributed by atoms with Gasteiger partial charge in [0.05, 0.1) is 0 Å². The summed E-state index contributed by atoms with van der Waals surface area (Å²) in [5.74, 6) is 1.30. The number of hydrogen-bond acceptors (Lipinski definition) is 6. The highest BCUT2D eigenvalue weighted by molar-refractivity contribution is 5.77. The van der Waals surface area contributed by atoms with Gasteiger partial charge in [-0.3, -0.25) is 4.90 Å². The van der Waals surface area contributed by atoms with E-state index < -0.39 is 0 Å². The highest BCUT2D eigenvalue weighted by Crippen LogP contribution is 2.33. The van der Waals surface area contributed by atoms with Crippen LogP contribution in [0.4, 0.5) is 17.3 Å². The standard InChI is InChI=1S/C24H30N6O/c1-28-21-12-22(28)16-30(15-21)20-4-2-19(3-5-20)26-24-25-13-18-6-9-29(23(18)27-24)14-17-7-10-31-11-8-17/h2-6,9,13,17,21-22H,7-8,10-12,14-16H2,1H3,(H,25,26,27). The minimum atomic E-state index is 0.646. The number of anilines is 3. The molecule has 3 aromatic rings. The van der Waals surface area contributed by atoms with Crippen LogP contribution in [0.3, 0.4) is 0 Å². The van der Waals surface area contributed by atoms with Crippen molar-refractivity contribution in [2.24, 2.45) is 5.92 Å². The zero-order valence-corrected chi connectivity index (χ0v) is 18.1. The molecular formula is C24H30N6O. The summed E-state index contributed by atoms with van der Waals surface area (Å²) in [4.78, 5) is 14.4. The van der Waals surface area contributed by atoms with Crippen LogP contribution in [0.25, 0.3) is 11.0 Å². The fourth-order valence-corrected chi connectivity index (χ4v) is 5.28. The van der Waals surface area contributed by atoms with Crippen LogP contribution < -0.4 is 10.2 Å². The van der Waals surface area contributed by atoms with Crippen LogP contribution in [-0.4, -0.2) is 64.9 Å². The van der Waals surface area contributed by atoms with E-state index in [0.717, 1.165) is 62.4 Å². The van der Waals surface area contributed by atoms with E-state index in [4.69, 9.17) is 9.72 Å². The van der Waals surface area contributed by atoms with Crippen LogP contribution in [0.2, 0.25) is 0 Å². The Labute approximate surface area is 183 Å². The van der Waals surface area contributed by atoms with E-state index in [2.05, 4.69) is 68.2 Å². The van der Waals surface area contributed by atoms with Gasteiger partial charge in [0.2, 0.25) is 5.95 Å². The molecule has 0 spiro atoms. The van der Waals surface area contributed by atoms with Gasteiger partial charge in [-0.05, 0) is 62.6 Å². The van der Waals surface area contributed by atoms with Gasteiger partial charge in [-0.15, -0.1) is 0 Å². The minimum absolute atomic E-state index is 0.646. The number of nitrogens with zero attached hydrogens (tertiary/aromatic N) is 5. The van der Waals surface area contributed by atoms with Crippen LogP contribution in [0, 0.1) is 5.92 Å². The molecule has 6 heterocycles. The lowest BCUT2D eigenvalue weighted by molar-refractivity contribution is 0.0264. The molecule has 0 saturated carbocycles.